The van der Waals surface area contributed by atoms with Crippen molar-refractivity contribution in [3.63, 3.8) is 0 Å². The molecule has 2 N–H and O–H groups in total. The minimum atomic E-state index is -4.81. The third kappa shape index (κ3) is 5.78. The van der Waals surface area contributed by atoms with Crippen LogP contribution in [0.3, 0.4) is 0 Å². The Morgan fingerprint density at radius 1 is 1.26 bits per heavy atom. The van der Waals surface area contributed by atoms with Gasteiger partial charge in [-0.25, -0.2) is 9.97 Å². The van der Waals surface area contributed by atoms with Crippen molar-refractivity contribution < 1.29 is 27.8 Å². The van der Waals surface area contributed by atoms with Crippen molar-refractivity contribution in [2.45, 2.75) is 19.3 Å². The maximum absolute atomic E-state index is 12.5. The molecule has 0 saturated carbocycles. The Balaban J connectivity index is 2.02. The van der Waals surface area contributed by atoms with Crippen molar-refractivity contribution in [3.05, 3.63) is 53.0 Å². The molecule has 1 aromatic carbocycles. The van der Waals surface area contributed by atoms with E-state index in [-0.39, 0.29) is 23.8 Å². The number of amides is 1. The summed E-state index contributed by atoms with van der Waals surface area (Å²) in [6.07, 6.45) is -4.81. The van der Waals surface area contributed by atoms with Crippen LogP contribution < -0.4 is 10.1 Å². The quantitative estimate of drug-likeness (QED) is 0.595. The number of carbonyl (C=O) groups is 1. The second kappa shape index (κ2) is 9.11. The van der Waals surface area contributed by atoms with Crippen LogP contribution in [0.4, 0.5) is 13.2 Å². The molecule has 0 fully saturated rings. The van der Waals surface area contributed by atoms with E-state index in [0.29, 0.717) is 15.3 Å². The number of aromatic nitrogens is 2. The molecule has 160 valence electrons. The van der Waals surface area contributed by atoms with Gasteiger partial charge in [-0.05, 0) is 49.4 Å². The first-order valence-corrected chi connectivity index (χ1v) is 9.67. The van der Waals surface area contributed by atoms with Crippen LogP contribution in [0.25, 0.3) is 22.0 Å². The van der Waals surface area contributed by atoms with Crippen LogP contribution in [0.2, 0.25) is 0 Å². The number of aliphatic hydroxyl groups excluding tert-OH is 1. The zero-order chi connectivity index (χ0) is 22.6. The lowest BCUT2D eigenvalue weighted by Crippen LogP contribution is -2.35. The molecule has 0 aliphatic rings. The molecule has 0 radical (unpaired) electrons. The third-order valence-electron chi connectivity index (χ3n) is 3.93. The van der Waals surface area contributed by atoms with Crippen molar-refractivity contribution in [1.82, 2.24) is 15.3 Å². The van der Waals surface area contributed by atoms with Crippen molar-refractivity contribution >= 4 is 17.2 Å². The fourth-order valence-electron chi connectivity index (χ4n) is 2.51. The van der Waals surface area contributed by atoms with E-state index in [0.717, 1.165) is 23.5 Å². The maximum Gasteiger partial charge on any atom is 0.573 e. The van der Waals surface area contributed by atoms with Gasteiger partial charge in [-0.1, -0.05) is 0 Å². The van der Waals surface area contributed by atoms with Gasteiger partial charge in [0.05, 0.1) is 17.2 Å². The fourth-order valence-corrected chi connectivity index (χ4v) is 3.25. The normalized spacial score (nSPS) is 12.1. The molecule has 0 spiro atoms. The Morgan fingerprint density at radius 3 is 2.55 bits per heavy atom. The first kappa shape index (κ1) is 22.2. The molecule has 3 aromatic rings. The monoisotopic (exact) mass is 448 g/mol. The average Bonchev–Trinajstić information content (AvgIpc) is 3.22. The van der Waals surface area contributed by atoms with Crippen LogP contribution in [0.1, 0.15) is 22.3 Å². The number of halogens is 3. The molecule has 1 unspecified atom stereocenters. The van der Waals surface area contributed by atoms with Crippen LogP contribution in [0, 0.1) is 11.3 Å². The van der Waals surface area contributed by atoms with Crippen LogP contribution in [0.15, 0.2) is 42.5 Å². The van der Waals surface area contributed by atoms with E-state index in [9.17, 15) is 18.0 Å². The Morgan fingerprint density at radius 2 is 1.97 bits per heavy atom. The predicted octanol–water partition coefficient (Wildman–Crippen LogP) is 3.75. The van der Waals surface area contributed by atoms with Crippen LogP contribution in [0.5, 0.6) is 5.75 Å². The molecule has 0 aliphatic heterocycles. The first-order chi connectivity index (χ1) is 14.7. The van der Waals surface area contributed by atoms with Gasteiger partial charge in [-0.15, -0.1) is 24.5 Å². The number of nitrogens with one attached hydrogen (secondary N) is 1. The van der Waals surface area contributed by atoms with E-state index < -0.39 is 24.1 Å². The predicted molar refractivity (Wildman–Crippen MR) is 106 cm³/mol. The van der Waals surface area contributed by atoms with E-state index in [1.54, 1.807) is 19.1 Å². The van der Waals surface area contributed by atoms with E-state index in [2.05, 4.69) is 20.0 Å². The summed E-state index contributed by atoms with van der Waals surface area (Å²) in [5.74, 6) is -0.765. The number of nitrogens with zero attached hydrogens (tertiary/aromatic N) is 3. The van der Waals surface area contributed by atoms with Gasteiger partial charge >= 0.3 is 6.36 Å². The number of thiophene rings is 1. The Bertz CT molecular complexity index is 1120. The van der Waals surface area contributed by atoms with Gasteiger partial charge in [-0.3, -0.25) is 4.79 Å². The zero-order valence-electron chi connectivity index (χ0n) is 16.0. The molecule has 2 aromatic heterocycles. The van der Waals surface area contributed by atoms with Crippen molar-refractivity contribution in [1.29, 1.82) is 5.26 Å². The van der Waals surface area contributed by atoms with Gasteiger partial charge in [0.2, 0.25) is 0 Å². The lowest BCUT2D eigenvalue weighted by atomic mass is 10.1. The number of hydrogen-bond acceptors (Lipinski definition) is 7. The molecule has 7 nitrogen and oxygen atoms in total. The second-order valence-electron chi connectivity index (χ2n) is 6.37. The molecule has 0 aliphatic carbocycles. The highest BCUT2D eigenvalue weighted by atomic mass is 32.1. The largest absolute Gasteiger partial charge is 0.573 e. The molecule has 0 saturated heterocycles. The highest BCUT2D eigenvalue weighted by Gasteiger charge is 2.31. The minimum Gasteiger partial charge on any atom is -0.406 e. The summed E-state index contributed by atoms with van der Waals surface area (Å²) in [6.45, 7) is 1.34. The average molecular weight is 448 g/mol. The number of hydrogen-bond donors (Lipinski definition) is 2. The molecular weight excluding hydrogens is 433 g/mol. The van der Waals surface area contributed by atoms with Gasteiger partial charge < -0.3 is 15.2 Å². The Hall–Kier alpha value is -3.49. The Kier molecular flexibility index (Phi) is 6.53. The topological polar surface area (TPSA) is 108 Å². The molecule has 0 bridgehead atoms. The summed E-state index contributed by atoms with van der Waals surface area (Å²) in [6, 6.07) is 11.1. The molecule has 2 heterocycles. The van der Waals surface area contributed by atoms with Gasteiger partial charge in [-0.2, -0.15) is 5.26 Å². The van der Waals surface area contributed by atoms with Gasteiger partial charge in [0.1, 0.15) is 22.4 Å². The van der Waals surface area contributed by atoms with E-state index in [4.69, 9.17) is 10.4 Å². The summed E-state index contributed by atoms with van der Waals surface area (Å²) in [5, 5.41) is 20.8. The summed E-state index contributed by atoms with van der Waals surface area (Å²) in [5.41, 5.74) is 0.722. The minimum absolute atomic E-state index is 0.00262. The summed E-state index contributed by atoms with van der Waals surface area (Å²) in [4.78, 5) is 22.2. The number of nitriles is 1. The third-order valence-corrected chi connectivity index (χ3v) is 4.92. The lowest BCUT2D eigenvalue weighted by molar-refractivity contribution is -0.274. The SMILES string of the molecule is CC(CO)NC(=O)c1cc(-c2ccc(OC(F)(F)F)cc2)nc(-c2ccc(C#N)s2)n1. The van der Waals surface area contributed by atoms with Gasteiger partial charge in [0.15, 0.2) is 5.82 Å². The molecule has 3 rings (SSSR count). The van der Waals surface area contributed by atoms with Crippen LogP contribution in [-0.4, -0.2) is 40.0 Å². The van der Waals surface area contributed by atoms with E-state index in [1.165, 1.54) is 18.2 Å². The highest BCUT2D eigenvalue weighted by molar-refractivity contribution is 7.15. The summed E-state index contributed by atoms with van der Waals surface area (Å²) >= 11 is 1.13. The lowest BCUT2D eigenvalue weighted by Gasteiger charge is -2.12. The smallest absolute Gasteiger partial charge is 0.406 e. The Labute approximate surface area is 178 Å². The van der Waals surface area contributed by atoms with Crippen molar-refractivity contribution in [2.75, 3.05) is 6.61 Å². The fraction of sp³-hybridized carbons (Fsp3) is 0.200. The second-order valence-corrected chi connectivity index (χ2v) is 7.45. The number of rotatable bonds is 6. The number of ether oxygens (including phenoxy) is 1. The summed E-state index contributed by atoms with van der Waals surface area (Å²) < 4.78 is 41.0. The van der Waals surface area contributed by atoms with Crippen LogP contribution in [-0.2, 0) is 0 Å². The molecule has 31 heavy (non-hydrogen) atoms. The van der Waals surface area contributed by atoms with E-state index >= 15 is 0 Å². The number of benzene rings is 1. The van der Waals surface area contributed by atoms with Crippen molar-refractivity contribution in [3.8, 4) is 33.8 Å². The molecule has 1 amide bonds. The molecular formula is C20H15F3N4O3S. The number of alkyl halides is 3. The first-order valence-electron chi connectivity index (χ1n) is 8.86. The maximum atomic E-state index is 12.5. The van der Waals surface area contributed by atoms with Gasteiger partial charge in [0, 0.05) is 11.6 Å². The number of aliphatic hydroxyl groups is 1. The zero-order valence-corrected chi connectivity index (χ0v) is 16.8. The van der Waals surface area contributed by atoms with E-state index in [1.807, 2.05) is 6.07 Å². The van der Waals surface area contributed by atoms with Crippen molar-refractivity contribution in [2.24, 2.45) is 0 Å². The summed E-state index contributed by atoms with van der Waals surface area (Å²) in [7, 11) is 0. The van der Waals surface area contributed by atoms with Crippen LogP contribution >= 0.6 is 11.3 Å². The standard InChI is InChI=1S/C20H15F3N4O3S/c1-11(10-28)25-19(29)16-8-15(12-2-4-13(5-3-12)30-20(21,22)23)26-18(27-16)17-7-6-14(9-24)31-17/h2-8,11,28H,10H2,1H3,(H,25,29). The molecule has 11 heteroatoms. The highest BCUT2D eigenvalue weighted by Crippen LogP contribution is 2.29. The number of carbonyl (C=O) groups excluding carboxylic acids is 1. The van der Waals surface area contributed by atoms with Gasteiger partial charge in [0.25, 0.3) is 5.91 Å². The molecule has 1 atom stereocenters.